The van der Waals surface area contributed by atoms with Gasteiger partial charge in [0.2, 0.25) is 0 Å². The summed E-state index contributed by atoms with van der Waals surface area (Å²) in [6.07, 6.45) is 0.0512. The number of nitrogens with zero attached hydrogens (tertiary/aromatic N) is 1. The molecular formula is C16H17NO4. The zero-order valence-electron chi connectivity index (χ0n) is 12.0. The van der Waals surface area contributed by atoms with Gasteiger partial charge in [0.05, 0.1) is 10.5 Å². The molecule has 0 fully saturated rings. The van der Waals surface area contributed by atoms with Gasteiger partial charge in [-0.05, 0) is 17.2 Å². The molecule has 0 saturated carbocycles. The molecule has 0 unspecified atom stereocenters. The van der Waals surface area contributed by atoms with E-state index in [1.165, 1.54) is 0 Å². The number of methoxy groups -OCH3 is 2. The number of hydrogen-bond donors (Lipinski definition) is 0. The summed E-state index contributed by atoms with van der Waals surface area (Å²) in [5, 5.41) is 11.3. The van der Waals surface area contributed by atoms with E-state index in [9.17, 15) is 10.1 Å². The topological polar surface area (TPSA) is 61.6 Å². The molecule has 0 N–H and O–H groups in total. The maximum absolute atomic E-state index is 11.3. The molecule has 5 nitrogen and oxygen atoms in total. The first-order valence-corrected chi connectivity index (χ1v) is 6.54. The van der Waals surface area contributed by atoms with Crippen LogP contribution in [0.15, 0.2) is 48.5 Å². The van der Waals surface area contributed by atoms with Crippen molar-refractivity contribution < 1.29 is 14.4 Å². The Hall–Kier alpha value is -2.24. The highest BCUT2D eigenvalue weighted by Gasteiger charge is 2.17. The van der Waals surface area contributed by atoms with E-state index in [2.05, 4.69) is 0 Å². The molecule has 0 radical (unpaired) electrons. The molecule has 2 aromatic rings. The molecule has 0 aliphatic heterocycles. The van der Waals surface area contributed by atoms with Gasteiger partial charge in [0.15, 0.2) is 6.29 Å². The molecule has 0 bridgehead atoms. The Morgan fingerprint density at radius 2 is 1.76 bits per heavy atom. The second-order valence-electron chi connectivity index (χ2n) is 4.58. The summed E-state index contributed by atoms with van der Waals surface area (Å²) in [6, 6.07) is 14.5. The Kier molecular flexibility index (Phi) is 5.03. The molecule has 0 aliphatic carbocycles. The van der Waals surface area contributed by atoms with Gasteiger partial charge in [0.1, 0.15) is 0 Å². The van der Waals surface area contributed by atoms with Gasteiger partial charge in [0.25, 0.3) is 5.69 Å². The molecule has 5 heteroatoms. The third-order valence-corrected chi connectivity index (χ3v) is 3.27. The summed E-state index contributed by atoms with van der Waals surface area (Å²) in [6.45, 7) is 0. The van der Waals surface area contributed by atoms with Crippen molar-refractivity contribution in [2.75, 3.05) is 14.2 Å². The van der Waals surface area contributed by atoms with E-state index in [-0.39, 0.29) is 10.6 Å². The lowest BCUT2D eigenvalue weighted by Crippen LogP contribution is -2.16. The van der Waals surface area contributed by atoms with Crippen molar-refractivity contribution in [3.63, 3.8) is 0 Å². The Labute approximate surface area is 123 Å². The maximum atomic E-state index is 11.3. The monoisotopic (exact) mass is 287 g/mol. The molecule has 110 valence electrons. The number of nitro benzene ring substituents is 1. The summed E-state index contributed by atoms with van der Waals surface area (Å²) >= 11 is 0. The summed E-state index contributed by atoms with van der Waals surface area (Å²) in [4.78, 5) is 11.0. The van der Waals surface area contributed by atoms with Gasteiger partial charge >= 0.3 is 0 Å². The minimum atomic E-state index is -0.410. The minimum Gasteiger partial charge on any atom is -0.356 e. The zero-order valence-corrected chi connectivity index (χ0v) is 12.0. The third-order valence-electron chi connectivity index (χ3n) is 3.27. The highest BCUT2D eigenvalue weighted by molar-refractivity contribution is 5.73. The maximum Gasteiger partial charge on any atom is 0.277 e. The van der Waals surface area contributed by atoms with Crippen molar-refractivity contribution in [3.8, 4) is 11.1 Å². The van der Waals surface area contributed by atoms with Crippen molar-refractivity contribution in [3.05, 3.63) is 64.2 Å². The van der Waals surface area contributed by atoms with Crippen LogP contribution in [0.2, 0.25) is 0 Å². The standard InChI is InChI=1S/C16H17NO4/c1-20-16(21-2)11-12-8-9-14(15(10-12)17(18)19)13-6-4-3-5-7-13/h3-10,16H,11H2,1-2H3. The van der Waals surface area contributed by atoms with Crippen LogP contribution >= 0.6 is 0 Å². The van der Waals surface area contributed by atoms with Crippen molar-refractivity contribution in [1.29, 1.82) is 0 Å². The molecule has 0 aromatic heterocycles. The van der Waals surface area contributed by atoms with Crippen molar-refractivity contribution in [2.24, 2.45) is 0 Å². The third kappa shape index (κ3) is 3.65. The number of benzene rings is 2. The summed E-state index contributed by atoms with van der Waals surface area (Å²) < 4.78 is 10.3. The van der Waals surface area contributed by atoms with E-state index in [1.54, 1.807) is 26.4 Å². The summed E-state index contributed by atoms with van der Waals surface area (Å²) in [5.74, 6) is 0. The zero-order chi connectivity index (χ0) is 15.2. The van der Waals surface area contributed by atoms with E-state index in [1.807, 2.05) is 36.4 Å². The van der Waals surface area contributed by atoms with Crippen LogP contribution in [0.1, 0.15) is 5.56 Å². The number of nitro groups is 1. The normalized spacial score (nSPS) is 10.8. The second-order valence-corrected chi connectivity index (χ2v) is 4.58. The Balaban J connectivity index is 2.38. The van der Waals surface area contributed by atoms with Crippen molar-refractivity contribution >= 4 is 5.69 Å². The SMILES string of the molecule is COC(Cc1ccc(-c2ccccc2)c([N+](=O)[O-])c1)OC. The van der Waals surface area contributed by atoms with Crippen LogP contribution in [0.4, 0.5) is 5.69 Å². The lowest BCUT2D eigenvalue weighted by molar-refractivity contribution is -0.384. The minimum absolute atomic E-state index is 0.0876. The average molecular weight is 287 g/mol. The number of hydrogen-bond acceptors (Lipinski definition) is 4. The molecule has 0 saturated heterocycles. The highest BCUT2D eigenvalue weighted by atomic mass is 16.7. The van der Waals surface area contributed by atoms with E-state index < -0.39 is 6.29 Å². The molecular weight excluding hydrogens is 270 g/mol. The van der Waals surface area contributed by atoms with Crippen LogP contribution in [0.25, 0.3) is 11.1 Å². The van der Waals surface area contributed by atoms with Gasteiger partial charge in [-0.1, -0.05) is 36.4 Å². The summed E-state index contributed by atoms with van der Waals surface area (Å²) in [7, 11) is 3.09. The van der Waals surface area contributed by atoms with Crippen LogP contribution in [-0.2, 0) is 15.9 Å². The Morgan fingerprint density at radius 1 is 1.10 bits per heavy atom. The number of ether oxygens (including phenoxy) is 2. The summed E-state index contributed by atoms with van der Waals surface area (Å²) in [5.41, 5.74) is 2.32. The molecule has 2 rings (SSSR count). The van der Waals surface area contributed by atoms with Crippen LogP contribution in [-0.4, -0.2) is 25.4 Å². The van der Waals surface area contributed by atoms with Crippen LogP contribution in [0.3, 0.4) is 0 Å². The van der Waals surface area contributed by atoms with Crippen LogP contribution < -0.4 is 0 Å². The lowest BCUT2D eigenvalue weighted by atomic mass is 10.0. The first kappa shape index (κ1) is 15.2. The molecule has 0 spiro atoms. The van der Waals surface area contributed by atoms with Gasteiger partial charge < -0.3 is 9.47 Å². The highest BCUT2D eigenvalue weighted by Crippen LogP contribution is 2.31. The fourth-order valence-electron chi connectivity index (χ4n) is 2.17. The quantitative estimate of drug-likeness (QED) is 0.464. The predicted molar refractivity (Wildman–Crippen MR) is 80.0 cm³/mol. The van der Waals surface area contributed by atoms with Gasteiger partial charge in [-0.2, -0.15) is 0 Å². The Morgan fingerprint density at radius 3 is 2.33 bits per heavy atom. The van der Waals surface area contributed by atoms with Crippen LogP contribution in [0, 0.1) is 10.1 Å². The fourth-order valence-corrected chi connectivity index (χ4v) is 2.17. The molecule has 0 aliphatic rings. The van der Waals surface area contributed by atoms with Gasteiger partial charge in [-0.15, -0.1) is 0 Å². The van der Waals surface area contributed by atoms with Crippen molar-refractivity contribution in [2.45, 2.75) is 12.7 Å². The predicted octanol–water partition coefficient (Wildman–Crippen LogP) is 3.42. The Bertz CT molecular complexity index is 609. The van der Waals surface area contributed by atoms with Gasteiger partial charge in [-0.3, -0.25) is 10.1 Å². The molecule has 21 heavy (non-hydrogen) atoms. The smallest absolute Gasteiger partial charge is 0.277 e. The first-order valence-electron chi connectivity index (χ1n) is 6.54. The molecule has 0 atom stereocenters. The van der Waals surface area contributed by atoms with E-state index in [0.29, 0.717) is 12.0 Å². The molecule has 0 heterocycles. The molecule has 2 aromatic carbocycles. The first-order chi connectivity index (χ1) is 10.2. The van der Waals surface area contributed by atoms with Gasteiger partial charge in [0, 0.05) is 26.7 Å². The molecule has 0 amide bonds. The van der Waals surface area contributed by atoms with Crippen molar-refractivity contribution in [1.82, 2.24) is 0 Å². The van der Waals surface area contributed by atoms with Gasteiger partial charge in [-0.25, -0.2) is 0 Å². The second kappa shape index (κ2) is 6.97. The van der Waals surface area contributed by atoms with E-state index in [0.717, 1.165) is 11.1 Å². The largest absolute Gasteiger partial charge is 0.356 e. The van der Waals surface area contributed by atoms with Crippen LogP contribution in [0.5, 0.6) is 0 Å². The fraction of sp³-hybridized carbons (Fsp3) is 0.250. The lowest BCUT2D eigenvalue weighted by Gasteiger charge is -2.13. The number of rotatable bonds is 6. The van der Waals surface area contributed by atoms with E-state index in [4.69, 9.17) is 9.47 Å². The average Bonchev–Trinajstić information content (AvgIpc) is 2.53. The van der Waals surface area contributed by atoms with E-state index >= 15 is 0 Å².